The van der Waals surface area contributed by atoms with E-state index in [2.05, 4.69) is 61.5 Å². The summed E-state index contributed by atoms with van der Waals surface area (Å²) in [6, 6.07) is 6.83. The highest BCUT2D eigenvalue weighted by molar-refractivity contribution is 14.1. The first-order chi connectivity index (χ1) is 6.13. The van der Waals surface area contributed by atoms with Gasteiger partial charge in [-0.3, -0.25) is 0 Å². The predicted octanol–water partition coefficient (Wildman–Crippen LogP) is 2.60. The largest absolute Gasteiger partial charge is 0.154 e. The Hall–Kier alpha value is 0.0149. The Balaban J connectivity index is 2.85. The van der Waals surface area contributed by atoms with Crippen molar-refractivity contribution in [2.45, 2.75) is 27.1 Å². The van der Waals surface area contributed by atoms with Crippen molar-refractivity contribution in [2.24, 2.45) is 5.92 Å². The summed E-state index contributed by atoms with van der Waals surface area (Å²) >= 11 is 2.44. The molecule has 0 bridgehead atoms. The fourth-order valence-electron chi connectivity index (χ4n) is 1.42. The summed E-state index contributed by atoms with van der Waals surface area (Å²) in [4.78, 5) is 0. The van der Waals surface area contributed by atoms with Crippen molar-refractivity contribution >= 4 is 35.3 Å². The average molecular weight is 286 g/mol. The Labute approximate surface area is 95.5 Å². The van der Waals surface area contributed by atoms with Crippen LogP contribution in [0.15, 0.2) is 18.2 Å². The molecular weight excluding hydrogens is 270 g/mol. The number of hydrogen-bond acceptors (Lipinski definition) is 0. The predicted molar refractivity (Wildman–Crippen MR) is 70.3 cm³/mol. The molecule has 0 aliphatic heterocycles. The van der Waals surface area contributed by atoms with E-state index in [9.17, 15) is 0 Å². The maximum absolute atomic E-state index is 2.44. The highest BCUT2D eigenvalue weighted by Crippen LogP contribution is 2.14. The third-order valence-corrected chi connectivity index (χ3v) is 3.16. The van der Waals surface area contributed by atoms with Crippen molar-refractivity contribution in [1.82, 2.24) is 0 Å². The Morgan fingerprint density at radius 2 is 2.08 bits per heavy atom. The molecule has 0 aliphatic rings. The summed E-state index contributed by atoms with van der Waals surface area (Å²) in [5, 5.41) is 0. The van der Waals surface area contributed by atoms with Gasteiger partial charge in [0.05, 0.1) is 0 Å². The van der Waals surface area contributed by atoms with Crippen LogP contribution >= 0.6 is 22.6 Å². The molecule has 1 rings (SSSR count). The second-order valence-corrected chi connectivity index (χ2v) is 5.04. The Morgan fingerprint density at radius 1 is 1.38 bits per heavy atom. The van der Waals surface area contributed by atoms with Gasteiger partial charge in [-0.05, 0) is 40.5 Å². The lowest BCUT2D eigenvalue weighted by Crippen LogP contribution is -2.11. The van der Waals surface area contributed by atoms with E-state index in [-0.39, 0.29) is 0 Å². The zero-order valence-corrected chi connectivity index (χ0v) is 10.8. The van der Waals surface area contributed by atoms with Gasteiger partial charge in [0.25, 0.3) is 0 Å². The number of halogens is 1. The molecule has 0 aromatic heterocycles. The second kappa shape index (κ2) is 5.04. The normalized spacial score (nSPS) is 10.5. The van der Waals surface area contributed by atoms with Gasteiger partial charge in [0.1, 0.15) is 0 Å². The van der Waals surface area contributed by atoms with E-state index in [1.54, 1.807) is 0 Å². The number of hydrogen-bond donors (Lipinski definition) is 0. The molecule has 0 nitrogen and oxygen atoms in total. The summed E-state index contributed by atoms with van der Waals surface area (Å²) in [7, 11) is 1.14. The Kier molecular flexibility index (Phi) is 4.30. The van der Waals surface area contributed by atoms with E-state index in [1.807, 2.05) is 0 Å². The van der Waals surface area contributed by atoms with Gasteiger partial charge in [-0.1, -0.05) is 44.3 Å². The lowest BCUT2D eigenvalue weighted by Gasteiger charge is -2.08. The maximum atomic E-state index is 2.44. The topological polar surface area (TPSA) is 0 Å². The molecule has 0 aliphatic carbocycles. The first-order valence-electron chi connectivity index (χ1n) is 4.90. The molecule has 70 valence electrons. The van der Waals surface area contributed by atoms with E-state index >= 15 is 0 Å². The van der Waals surface area contributed by atoms with Crippen molar-refractivity contribution in [3.8, 4) is 0 Å². The molecule has 0 unspecified atom stereocenters. The molecule has 1 aromatic rings. The summed E-state index contributed by atoms with van der Waals surface area (Å²) < 4.78 is 1.42. The average Bonchev–Trinajstić information content (AvgIpc) is 2.08. The van der Waals surface area contributed by atoms with Gasteiger partial charge >= 0.3 is 0 Å². The molecule has 1 aromatic carbocycles. The third kappa shape index (κ3) is 3.33. The smallest absolute Gasteiger partial charge is 0.0849 e. The molecule has 0 atom stereocenters. The highest BCUT2D eigenvalue weighted by Gasteiger charge is 2.03. The first-order valence-corrected chi connectivity index (χ1v) is 5.98. The van der Waals surface area contributed by atoms with Crippen molar-refractivity contribution in [3.05, 3.63) is 27.3 Å². The van der Waals surface area contributed by atoms with E-state index in [0.717, 1.165) is 13.2 Å². The van der Waals surface area contributed by atoms with Crippen LogP contribution in [0.1, 0.15) is 19.4 Å². The van der Waals surface area contributed by atoms with Gasteiger partial charge in [0, 0.05) is 3.57 Å². The van der Waals surface area contributed by atoms with Crippen LogP contribution in [0.2, 0.25) is 6.82 Å². The zero-order valence-electron chi connectivity index (χ0n) is 8.60. The molecular formula is C11H16BI. The summed E-state index contributed by atoms with van der Waals surface area (Å²) in [5.74, 6) is 0.751. The van der Waals surface area contributed by atoms with Crippen molar-refractivity contribution in [3.63, 3.8) is 0 Å². The van der Waals surface area contributed by atoms with Crippen LogP contribution in [0.3, 0.4) is 0 Å². The first kappa shape index (κ1) is 11.1. The van der Waals surface area contributed by atoms with E-state index in [4.69, 9.17) is 0 Å². The zero-order chi connectivity index (χ0) is 9.84. The number of rotatable bonds is 3. The lowest BCUT2D eigenvalue weighted by atomic mass is 9.73. The fourth-order valence-corrected chi connectivity index (χ4v) is 2.22. The quantitative estimate of drug-likeness (QED) is 0.592. The molecule has 0 saturated carbocycles. The fraction of sp³-hybridized carbons (Fsp3) is 0.455. The molecule has 0 heterocycles. The highest BCUT2D eigenvalue weighted by atomic mass is 127. The van der Waals surface area contributed by atoms with Gasteiger partial charge in [0.2, 0.25) is 0 Å². The van der Waals surface area contributed by atoms with Gasteiger partial charge in [0.15, 0.2) is 7.28 Å². The maximum Gasteiger partial charge on any atom is 0.154 e. The minimum atomic E-state index is 0.751. The van der Waals surface area contributed by atoms with Crippen LogP contribution in [0.5, 0.6) is 0 Å². The molecule has 0 spiro atoms. The Morgan fingerprint density at radius 3 is 2.54 bits per heavy atom. The SMILES string of the molecule is CBc1ccc(CC(C)C)c(I)c1. The standard InChI is InChI=1S/C11H16BI/c1-8(2)6-9-4-5-10(12-3)7-11(9)13/h4-5,7-8,12H,6H2,1-3H3. The van der Waals surface area contributed by atoms with Crippen LogP contribution in [0.25, 0.3) is 0 Å². The molecule has 0 N–H and O–H groups in total. The van der Waals surface area contributed by atoms with E-state index in [0.29, 0.717) is 0 Å². The van der Waals surface area contributed by atoms with E-state index < -0.39 is 0 Å². The Bertz CT molecular complexity index is 281. The third-order valence-electron chi connectivity index (χ3n) is 2.15. The second-order valence-electron chi connectivity index (χ2n) is 3.88. The summed E-state index contributed by atoms with van der Waals surface area (Å²) in [6.07, 6.45) is 1.20. The van der Waals surface area contributed by atoms with Crippen molar-refractivity contribution < 1.29 is 0 Å². The summed E-state index contributed by atoms with van der Waals surface area (Å²) in [5.41, 5.74) is 2.93. The van der Waals surface area contributed by atoms with Crippen LogP contribution in [-0.2, 0) is 6.42 Å². The van der Waals surface area contributed by atoms with Gasteiger partial charge in [-0.25, -0.2) is 0 Å². The molecule has 0 radical (unpaired) electrons. The minimum absolute atomic E-state index is 0.751. The monoisotopic (exact) mass is 286 g/mol. The molecule has 2 heteroatoms. The van der Waals surface area contributed by atoms with Crippen LogP contribution in [0, 0.1) is 9.49 Å². The molecule has 0 fully saturated rings. The van der Waals surface area contributed by atoms with Gasteiger partial charge in [-0.15, -0.1) is 0 Å². The van der Waals surface area contributed by atoms with Crippen molar-refractivity contribution in [1.29, 1.82) is 0 Å². The minimum Gasteiger partial charge on any atom is -0.0849 e. The number of benzene rings is 1. The van der Waals surface area contributed by atoms with Gasteiger partial charge < -0.3 is 0 Å². The van der Waals surface area contributed by atoms with Crippen molar-refractivity contribution in [2.75, 3.05) is 0 Å². The van der Waals surface area contributed by atoms with Crippen LogP contribution in [0.4, 0.5) is 0 Å². The van der Waals surface area contributed by atoms with E-state index in [1.165, 1.54) is 21.0 Å². The van der Waals surface area contributed by atoms with Crippen LogP contribution in [-0.4, -0.2) is 7.28 Å². The van der Waals surface area contributed by atoms with Gasteiger partial charge in [-0.2, -0.15) is 0 Å². The molecule has 0 amide bonds. The molecule has 0 saturated heterocycles. The lowest BCUT2D eigenvalue weighted by molar-refractivity contribution is 0.645. The summed E-state index contributed by atoms with van der Waals surface area (Å²) in [6.45, 7) is 6.74. The molecule has 13 heavy (non-hydrogen) atoms. The van der Waals surface area contributed by atoms with Crippen LogP contribution < -0.4 is 5.46 Å².